The van der Waals surface area contributed by atoms with Crippen LogP contribution in [0.4, 0.5) is 8.78 Å². The van der Waals surface area contributed by atoms with Gasteiger partial charge in [-0.25, -0.2) is 13.8 Å². The van der Waals surface area contributed by atoms with Crippen LogP contribution in [0.5, 0.6) is 0 Å². The zero-order valence-electron chi connectivity index (χ0n) is 15.2. The minimum Gasteiger partial charge on any atom is -0.441 e. The van der Waals surface area contributed by atoms with Crippen LogP contribution in [0.1, 0.15) is 23.4 Å². The molecule has 0 saturated heterocycles. The molecule has 0 unspecified atom stereocenters. The highest BCUT2D eigenvalue weighted by atomic mass is 19.1. The molecule has 27 heavy (non-hydrogen) atoms. The summed E-state index contributed by atoms with van der Waals surface area (Å²) in [5.41, 5.74) is 2.37. The van der Waals surface area contributed by atoms with Crippen LogP contribution in [0.3, 0.4) is 0 Å². The third-order valence-corrected chi connectivity index (χ3v) is 4.40. The molecule has 0 spiro atoms. The van der Waals surface area contributed by atoms with E-state index in [2.05, 4.69) is 4.98 Å². The Hall–Kier alpha value is -3.02. The lowest BCUT2D eigenvalue weighted by Gasteiger charge is -2.18. The lowest BCUT2D eigenvalue weighted by Crippen LogP contribution is -2.26. The van der Waals surface area contributed by atoms with Crippen LogP contribution in [0.15, 0.2) is 53.1 Å². The lowest BCUT2D eigenvalue weighted by molar-refractivity contribution is -0.130. The van der Waals surface area contributed by atoms with E-state index in [4.69, 9.17) is 4.42 Å². The molecule has 0 saturated carbocycles. The quantitative estimate of drug-likeness (QED) is 0.641. The molecule has 6 heteroatoms. The van der Waals surface area contributed by atoms with E-state index in [0.29, 0.717) is 18.9 Å². The van der Waals surface area contributed by atoms with Crippen LogP contribution in [0, 0.1) is 18.6 Å². The molecule has 2 aromatic carbocycles. The standard InChI is InChI=1S/C21H20F2N2O2/c1-14-5-3-4-6-15(14)13-25(2)21(26)10-9-20-24-12-19(27-20)17-8-7-16(22)11-18(17)23/h3-8,11-12H,9-10,13H2,1-2H3. The number of nitrogens with zero attached hydrogens (tertiary/aromatic N) is 2. The predicted molar refractivity (Wildman–Crippen MR) is 97.8 cm³/mol. The monoisotopic (exact) mass is 370 g/mol. The Morgan fingerprint density at radius 1 is 1.19 bits per heavy atom. The first kappa shape index (κ1) is 18.8. The van der Waals surface area contributed by atoms with Crippen molar-refractivity contribution in [3.8, 4) is 11.3 Å². The lowest BCUT2D eigenvalue weighted by atomic mass is 10.1. The van der Waals surface area contributed by atoms with Crippen LogP contribution >= 0.6 is 0 Å². The SMILES string of the molecule is Cc1ccccc1CN(C)C(=O)CCc1ncc(-c2ccc(F)cc2F)o1. The van der Waals surface area contributed by atoms with Gasteiger partial charge in [0.15, 0.2) is 11.7 Å². The molecule has 0 radical (unpaired) electrons. The molecule has 3 aromatic rings. The molecule has 0 aliphatic rings. The Balaban J connectivity index is 1.59. The maximum absolute atomic E-state index is 13.8. The van der Waals surface area contributed by atoms with E-state index in [1.54, 1.807) is 11.9 Å². The molecule has 1 heterocycles. The fourth-order valence-electron chi connectivity index (χ4n) is 2.78. The van der Waals surface area contributed by atoms with Crippen molar-refractivity contribution in [3.63, 3.8) is 0 Å². The van der Waals surface area contributed by atoms with Crippen LogP contribution in [0.25, 0.3) is 11.3 Å². The van der Waals surface area contributed by atoms with Gasteiger partial charge in [0.05, 0.1) is 11.8 Å². The van der Waals surface area contributed by atoms with Crippen molar-refractivity contribution in [1.29, 1.82) is 0 Å². The summed E-state index contributed by atoms with van der Waals surface area (Å²) in [4.78, 5) is 18.1. The number of benzene rings is 2. The Labute approximate surface area is 156 Å². The van der Waals surface area contributed by atoms with Crippen LogP contribution in [0.2, 0.25) is 0 Å². The van der Waals surface area contributed by atoms with E-state index in [1.807, 2.05) is 31.2 Å². The van der Waals surface area contributed by atoms with E-state index < -0.39 is 11.6 Å². The van der Waals surface area contributed by atoms with Crippen molar-refractivity contribution in [2.75, 3.05) is 7.05 Å². The summed E-state index contributed by atoms with van der Waals surface area (Å²) in [6.07, 6.45) is 1.92. The summed E-state index contributed by atoms with van der Waals surface area (Å²) in [7, 11) is 1.75. The molecule has 0 atom stereocenters. The number of rotatable bonds is 6. The topological polar surface area (TPSA) is 46.3 Å². The van der Waals surface area contributed by atoms with Gasteiger partial charge in [-0.15, -0.1) is 0 Å². The largest absolute Gasteiger partial charge is 0.441 e. The highest BCUT2D eigenvalue weighted by molar-refractivity contribution is 5.76. The van der Waals surface area contributed by atoms with Gasteiger partial charge >= 0.3 is 0 Å². The number of oxazole rings is 1. The second-order valence-corrected chi connectivity index (χ2v) is 6.42. The van der Waals surface area contributed by atoms with Crippen LogP contribution in [-0.4, -0.2) is 22.8 Å². The molecular weight excluding hydrogens is 350 g/mol. The Morgan fingerprint density at radius 2 is 1.96 bits per heavy atom. The molecule has 140 valence electrons. The summed E-state index contributed by atoms with van der Waals surface area (Å²) in [6.45, 7) is 2.54. The third-order valence-electron chi connectivity index (χ3n) is 4.40. The summed E-state index contributed by atoms with van der Waals surface area (Å²) in [5, 5.41) is 0. The summed E-state index contributed by atoms with van der Waals surface area (Å²) < 4.78 is 32.3. The minimum atomic E-state index is -0.716. The number of aromatic nitrogens is 1. The number of hydrogen-bond acceptors (Lipinski definition) is 3. The first-order valence-corrected chi connectivity index (χ1v) is 8.62. The molecule has 1 aromatic heterocycles. The zero-order chi connectivity index (χ0) is 19.4. The summed E-state index contributed by atoms with van der Waals surface area (Å²) >= 11 is 0. The van der Waals surface area contributed by atoms with E-state index in [-0.39, 0.29) is 23.7 Å². The fraction of sp³-hybridized carbons (Fsp3) is 0.238. The third kappa shape index (κ3) is 4.58. The first-order valence-electron chi connectivity index (χ1n) is 8.62. The fourth-order valence-corrected chi connectivity index (χ4v) is 2.78. The zero-order valence-corrected chi connectivity index (χ0v) is 15.2. The Bertz CT molecular complexity index is 953. The molecule has 0 aliphatic heterocycles. The van der Waals surface area contributed by atoms with Crippen LogP contribution < -0.4 is 0 Å². The molecule has 1 amide bonds. The van der Waals surface area contributed by atoms with Crippen molar-refractivity contribution < 1.29 is 18.0 Å². The van der Waals surface area contributed by atoms with Gasteiger partial charge in [0.25, 0.3) is 0 Å². The maximum Gasteiger partial charge on any atom is 0.223 e. The van der Waals surface area contributed by atoms with Crippen molar-refractivity contribution >= 4 is 5.91 Å². The highest BCUT2D eigenvalue weighted by Gasteiger charge is 2.15. The van der Waals surface area contributed by atoms with E-state index >= 15 is 0 Å². The molecule has 0 bridgehead atoms. The molecule has 0 fully saturated rings. The predicted octanol–water partition coefficient (Wildman–Crippen LogP) is 4.52. The summed E-state index contributed by atoms with van der Waals surface area (Å²) in [6, 6.07) is 11.2. The average molecular weight is 370 g/mol. The van der Waals surface area contributed by atoms with Gasteiger partial charge in [-0.3, -0.25) is 4.79 Å². The molecule has 0 N–H and O–H groups in total. The normalized spacial score (nSPS) is 10.8. The number of carbonyl (C=O) groups is 1. The van der Waals surface area contributed by atoms with Gasteiger partial charge in [0.1, 0.15) is 11.6 Å². The molecule has 0 aliphatic carbocycles. The number of amides is 1. The summed E-state index contributed by atoms with van der Waals surface area (Å²) in [5.74, 6) is -0.856. The van der Waals surface area contributed by atoms with Gasteiger partial charge in [-0.1, -0.05) is 24.3 Å². The van der Waals surface area contributed by atoms with Gasteiger partial charge < -0.3 is 9.32 Å². The number of halogens is 2. The van der Waals surface area contributed by atoms with E-state index in [1.165, 1.54) is 12.3 Å². The van der Waals surface area contributed by atoms with Crippen molar-refractivity contribution in [3.05, 3.63) is 77.3 Å². The maximum atomic E-state index is 13.8. The molecular formula is C21H20F2N2O2. The van der Waals surface area contributed by atoms with Gasteiger partial charge in [0.2, 0.25) is 5.91 Å². The minimum absolute atomic E-state index is 0.0361. The molecule has 3 rings (SSSR count). The second-order valence-electron chi connectivity index (χ2n) is 6.42. The smallest absolute Gasteiger partial charge is 0.223 e. The number of carbonyl (C=O) groups excluding carboxylic acids is 1. The van der Waals surface area contributed by atoms with E-state index in [0.717, 1.165) is 23.3 Å². The second kappa shape index (κ2) is 8.12. The van der Waals surface area contributed by atoms with Crippen LogP contribution in [-0.2, 0) is 17.8 Å². The van der Waals surface area contributed by atoms with Crippen molar-refractivity contribution in [2.45, 2.75) is 26.3 Å². The van der Waals surface area contributed by atoms with Gasteiger partial charge in [-0.2, -0.15) is 0 Å². The van der Waals surface area contributed by atoms with Crippen molar-refractivity contribution in [1.82, 2.24) is 9.88 Å². The van der Waals surface area contributed by atoms with Gasteiger partial charge in [-0.05, 0) is 30.2 Å². The Morgan fingerprint density at radius 3 is 2.70 bits per heavy atom. The molecule has 4 nitrogen and oxygen atoms in total. The number of aryl methyl sites for hydroxylation is 2. The van der Waals surface area contributed by atoms with E-state index in [9.17, 15) is 13.6 Å². The number of hydrogen-bond donors (Lipinski definition) is 0. The Kier molecular flexibility index (Phi) is 5.64. The highest BCUT2D eigenvalue weighted by Crippen LogP contribution is 2.24. The first-order chi connectivity index (χ1) is 12.9. The average Bonchev–Trinajstić information content (AvgIpc) is 3.10. The van der Waals surface area contributed by atoms with Crippen molar-refractivity contribution in [2.24, 2.45) is 0 Å². The van der Waals surface area contributed by atoms with Gasteiger partial charge in [0, 0.05) is 32.5 Å².